The van der Waals surface area contributed by atoms with Crippen molar-refractivity contribution in [3.63, 3.8) is 0 Å². The lowest BCUT2D eigenvalue weighted by Crippen LogP contribution is -2.08. The molecule has 0 aromatic carbocycles. The SMILES string of the molecule is COC[O][Al][O]COC. The molecule has 0 bridgehead atoms. The third-order valence-corrected chi connectivity index (χ3v) is 1.05. The maximum absolute atomic E-state index is 4.84. The maximum atomic E-state index is 4.84. The van der Waals surface area contributed by atoms with Crippen LogP contribution in [-0.4, -0.2) is 43.7 Å². The van der Waals surface area contributed by atoms with E-state index in [0.717, 1.165) is 0 Å². The van der Waals surface area contributed by atoms with Crippen molar-refractivity contribution in [1.29, 1.82) is 0 Å². The van der Waals surface area contributed by atoms with Gasteiger partial charge in [-0.3, -0.25) is 0 Å². The molecular weight excluding hydrogens is 139 g/mol. The van der Waals surface area contributed by atoms with Crippen LogP contribution in [0.3, 0.4) is 0 Å². The lowest BCUT2D eigenvalue weighted by molar-refractivity contribution is 0.00321. The standard InChI is InChI=1S/2C2H5O2.Al/c2*1-4-2-3;/h2*2H2,1H3;/q2*-1;+2. The second-order valence-corrected chi connectivity index (χ2v) is 2.10. The van der Waals surface area contributed by atoms with E-state index in [1.165, 1.54) is 0 Å². The Balaban J connectivity index is 2.60. The first-order chi connectivity index (χ1) is 4.41. The molecule has 0 N–H and O–H groups in total. The molecule has 1 radical (unpaired) electrons. The molecule has 5 heteroatoms. The smallest absolute Gasteiger partial charge is 0.463 e. The Morgan fingerprint density at radius 1 is 1.00 bits per heavy atom. The van der Waals surface area contributed by atoms with Crippen LogP contribution in [0.15, 0.2) is 0 Å². The minimum absolute atomic E-state index is 0.291. The van der Waals surface area contributed by atoms with Crippen LogP contribution >= 0.6 is 0 Å². The van der Waals surface area contributed by atoms with Gasteiger partial charge in [-0.2, -0.15) is 0 Å². The monoisotopic (exact) mass is 149 g/mol. The fourth-order valence-corrected chi connectivity index (χ4v) is 0.719. The summed E-state index contributed by atoms with van der Waals surface area (Å²) in [6.45, 7) is 0.581. The molecule has 0 aliphatic carbocycles. The molecule has 0 aliphatic heterocycles. The molecule has 0 aromatic rings. The lowest BCUT2D eigenvalue weighted by atomic mass is 11.4. The van der Waals surface area contributed by atoms with E-state index in [1.54, 1.807) is 14.2 Å². The van der Waals surface area contributed by atoms with Crippen molar-refractivity contribution in [2.75, 3.05) is 27.8 Å². The highest BCUT2D eigenvalue weighted by Crippen LogP contribution is 1.74. The van der Waals surface area contributed by atoms with Crippen molar-refractivity contribution in [3.05, 3.63) is 0 Å². The zero-order valence-corrected chi connectivity index (χ0v) is 6.78. The fourth-order valence-electron chi connectivity index (χ4n) is 0.240. The second-order valence-electron chi connectivity index (χ2n) is 1.24. The number of methoxy groups -OCH3 is 2. The molecule has 0 aromatic heterocycles. The largest absolute Gasteiger partial charge is 0.671 e. The summed E-state index contributed by atoms with van der Waals surface area (Å²) in [7, 11) is 3.13. The Morgan fingerprint density at radius 3 is 1.78 bits per heavy atom. The summed E-state index contributed by atoms with van der Waals surface area (Å²) in [6.07, 6.45) is 0. The molecule has 0 atom stereocenters. The Hall–Kier alpha value is 0.372. The van der Waals surface area contributed by atoms with Gasteiger partial charge in [-0.1, -0.05) is 0 Å². The Morgan fingerprint density at radius 2 is 1.44 bits per heavy atom. The molecule has 0 saturated heterocycles. The summed E-state index contributed by atoms with van der Waals surface area (Å²) in [5.74, 6) is 0. The van der Waals surface area contributed by atoms with Crippen LogP contribution in [0.2, 0.25) is 0 Å². The molecular formula is C4H10AlO4. The molecule has 0 heterocycles. The van der Waals surface area contributed by atoms with E-state index >= 15 is 0 Å². The molecule has 9 heavy (non-hydrogen) atoms. The van der Waals surface area contributed by atoms with Gasteiger partial charge in [-0.05, 0) is 0 Å². The lowest BCUT2D eigenvalue weighted by Gasteiger charge is -2.00. The molecule has 0 amide bonds. The van der Waals surface area contributed by atoms with Gasteiger partial charge in [-0.15, -0.1) is 0 Å². The number of ether oxygens (including phenoxy) is 2. The zero-order chi connectivity index (χ0) is 6.95. The fraction of sp³-hybridized carbons (Fsp3) is 1.00. The van der Waals surface area contributed by atoms with Crippen LogP contribution in [0.5, 0.6) is 0 Å². The Labute approximate surface area is 61.4 Å². The minimum Gasteiger partial charge on any atom is -0.463 e. The quantitative estimate of drug-likeness (QED) is 0.297. The van der Waals surface area contributed by atoms with E-state index in [0.29, 0.717) is 13.6 Å². The van der Waals surface area contributed by atoms with E-state index in [4.69, 9.17) is 7.58 Å². The molecule has 4 nitrogen and oxygen atoms in total. The van der Waals surface area contributed by atoms with Crippen LogP contribution in [0.1, 0.15) is 0 Å². The van der Waals surface area contributed by atoms with Crippen molar-refractivity contribution >= 4 is 15.9 Å². The van der Waals surface area contributed by atoms with Crippen molar-refractivity contribution in [2.45, 2.75) is 0 Å². The van der Waals surface area contributed by atoms with Crippen LogP contribution in [-0.2, 0) is 17.1 Å². The summed E-state index contributed by atoms with van der Waals surface area (Å²) in [4.78, 5) is 0. The van der Waals surface area contributed by atoms with Crippen molar-refractivity contribution in [1.82, 2.24) is 0 Å². The molecule has 0 rings (SSSR count). The van der Waals surface area contributed by atoms with Gasteiger partial charge in [0.15, 0.2) is 0 Å². The molecule has 0 unspecified atom stereocenters. The molecule has 0 fully saturated rings. The van der Waals surface area contributed by atoms with Gasteiger partial charge >= 0.3 is 15.9 Å². The van der Waals surface area contributed by atoms with Gasteiger partial charge in [0, 0.05) is 14.2 Å². The van der Waals surface area contributed by atoms with Gasteiger partial charge in [-0.25, -0.2) is 0 Å². The van der Waals surface area contributed by atoms with E-state index in [2.05, 4.69) is 9.47 Å². The van der Waals surface area contributed by atoms with Gasteiger partial charge in [0.25, 0.3) is 0 Å². The molecule has 0 saturated carbocycles. The minimum atomic E-state index is -0.432. The summed E-state index contributed by atoms with van der Waals surface area (Å²) in [5, 5.41) is 0. The van der Waals surface area contributed by atoms with Crippen LogP contribution in [0, 0.1) is 0 Å². The van der Waals surface area contributed by atoms with E-state index in [9.17, 15) is 0 Å². The highest BCUT2D eigenvalue weighted by molar-refractivity contribution is 6.17. The van der Waals surface area contributed by atoms with Crippen LogP contribution in [0.25, 0.3) is 0 Å². The van der Waals surface area contributed by atoms with Crippen molar-refractivity contribution in [3.8, 4) is 0 Å². The first kappa shape index (κ1) is 9.37. The average molecular weight is 149 g/mol. The predicted molar refractivity (Wildman–Crippen MR) is 31.7 cm³/mol. The predicted octanol–water partition coefficient (Wildman–Crippen LogP) is -0.238. The second kappa shape index (κ2) is 8.37. The number of rotatable bonds is 6. The van der Waals surface area contributed by atoms with E-state index < -0.39 is 15.9 Å². The first-order valence-corrected chi connectivity index (χ1v) is 3.39. The number of hydrogen-bond acceptors (Lipinski definition) is 4. The third-order valence-electron chi connectivity index (χ3n) is 0.508. The van der Waals surface area contributed by atoms with Crippen LogP contribution in [0.4, 0.5) is 0 Å². The van der Waals surface area contributed by atoms with Crippen molar-refractivity contribution < 1.29 is 17.1 Å². The van der Waals surface area contributed by atoms with E-state index in [-0.39, 0.29) is 0 Å². The first-order valence-electron chi connectivity index (χ1n) is 2.44. The summed E-state index contributed by atoms with van der Waals surface area (Å²) in [6, 6.07) is 0. The van der Waals surface area contributed by atoms with Gasteiger partial charge in [0.05, 0.1) is 0 Å². The molecule has 0 spiro atoms. The summed E-state index contributed by atoms with van der Waals surface area (Å²) in [5.41, 5.74) is 0. The van der Waals surface area contributed by atoms with Crippen molar-refractivity contribution in [2.24, 2.45) is 0 Å². The summed E-state index contributed by atoms with van der Waals surface area (Å²) < 4.78 is 18.9. The average Bonchev–Trinajstić information content (AvgIpc) is 1.89. The molecule has 0 aliphatic rings. The van der Waals surface area contributed by atoms with Gasteiger partial charge in [0.2, 0.25) is 0 Å². The van der Waals surface area contributed by atoms with Gasteiger partial charge < -0.3 is 17.1 Å². The third kappa shape index (κ3) is 8.37. The maximum Gasteiger partial charge on any atom is 0.671 e. The normalized spacial score (nSPS) is 9.56. The zero-order valence-electron chi connectivity index (χ0n) is 5.62. The molecule has 53 valence electrons. The Kier molecular flexibility index (Phi) is 8.72. The highest BCUT2D eigenvalue weighted by Gasteiger charge is 1.93. The van der Waals surface area contributed by atoms with Crippen LogP contribution < -0.4 is 0 Å². The number of hydrogen-bond donors (Lipinski definition) is 0. The summed E-state index contributed by atoms with van der Waals surface area (Å²) >= 11 is -0.432. The van der Waals surface area contributed by atoms with Gasteiger partial charge in [0.1, 0.15) is 13.6 Å². The highest BCUT2D eigenvalue weighted by atomic mass is 27.2. The topological polar surface area (TPSA) is 36.9 Å². The Bertz CT molecular complexity index is 45.8. The van der Waals surface area contributed by atoms with E-state index in [1.807, 2.05) is 0 Å².